The highest BCUT2D eigenvalue weighted by molar-refractivity contribution is 6.04. The molecule has 23 heavy (non-hydrogen) atoms. The normalized spacial score (nSPS) is 12.3. The molecule has 0 spiro atoms. The summed E-state index contributed by atoms with van der Waals surface area (Å²) in [5.41, 5.74) is -3.52. The Kier molecular flexibility index (Phi) is 4.05. The van der Waals surface area contributed by atoms with Crippen LogP contribution in [-0.2, 0) is 19.4 Å². The summed E-state index contributed by atoms with van der Waals surface area (Å²) < 4.78 is 76.6. The van der Waals surface area contributed by atoms with Gasteiger partial charge in [0.05, 0.1) is 5.56 Å². The molecule has 1 N–H and O–H groups in total. The van der Waals surface area contributed by atoms with E-state index < -0.39 is 41.0 Å². The molecule has 2 aromatic rings. The Morgan fingerprint density at radius 3 is 2.35 bits per heavy atom. The minimum Gasteiger partial charge on any atom is -0.307 e. The number of pyridine rings is 1. The summed E-state index contributed by atoms with van der Waals surface area (Å²) in [6.07, 6.45) is -8.77. The molecule has 0 saturated carbocycles. The first-order valence-corrected chi connectivity index (χ1v) is 5.95. The van der Waals surface area contributed by atoms with Crippen LogP contribution in [0.2, 0.25) is 0 Å². The topological polar surface area (TPSA) is 59.8 Å². The van der Waals surface area contributed by atoms with Crippen LogP contribution < -0.4 is 5.32 Å². The first kappa shape index (κ1) is 16.8. The third-order valence-electron chi connectivity index (χ3n) is 2.73. The molecular weight excluding hydrogens is 330 g/mol. The summed E-state index contributed by atoms with van der Waals surface area (Å²) in [6.45, 7) is 0. The third kappa shape index (κ3) is 3.60. The molecule has 2 aromatic heterocycles. The Labute approximate surface area is 124 Å². The highest BCUT2D eigenvalue weighted by Crippen LogP contribution is 2.32. The predicted molar refractivity (Wildman–Crippen MR) is 65.4 cm³/mol. The van der Waals surface area contributed by atoms with Gasteiger partial charge in [-0.05, 0) is 12.1 Å². The van der Waals surface area contributed by atoms with Crippen LogP contribution in [0, 0.1) is 0 Å². The second-order valence-electron chi connectivity index (χ2n) is 4.39. The number of anilines is 1. The maximum atomic E-state index is 12.8. The highest BCUT2D eigenvalue weighted by Gasteiger charge is 2.38. The molecule has 2 rings (SSSR count). The number of amides is 1. The summed E-state index contributed by atoms with van der Waals surface area (Å²) in [5, 5.41) is 5.09. The van der Waals surface area contributed by atoms with Gasteiger partial charge in [0.1, 0.15) is 5.82 Å². The minimum atomic E-state index is -4.88. The summed E-state index contributed by atoms with van der Waals surface area (Å²) in [4.78, 5) is 15.0. The lowest BCUT2D eigenvalue weighted by Crippen LogP contribution is -2.21. The van der Waals surface area contributed by atoms with Gasteiger partial charge < -0.3 is 5.32 Å². The molecule has 0 bridgehead atoms. The molecule has 0 unspecified atom stereocenters. The fraction of sp³-hybridized carbons (Fsp3) is 0.250. The second-order valence-corrected chi connectivity index (χ2v) is 4.39. The monoisotopic (exact) mass is 338 g/mol. The van der Waals surface area contributed by atoms with Crippen LogP contribution in [-0.4, -0.2) is 20.7 Å². The lowest BCUT2D eigenvalue weighted by molar-refractivity contribution is -0.142. The van der Waals surface area contributed by atoms with Crippen molar-refractivity contribution in [2.24, 2.45) is 7.05 Å². The molecule has 0 fully saturated rings. The number of nitrogens with one attached hydrogen (secondary N) is 1. The molecule has 0 aromatic carbocycles. The van der Waals surface area contributed by atoms with Gasteiger partial charge in [0.2, 0.25) is 0 Å². The number of rotatable bonds is 2. The SMILES string of the molecule is Cn1nc(C(F)(F)F)cc1NC(=O)c1cccnc1C(F)(F)F. The number of hydrogen-bond acceptors (Lipinski definition) is 3. The van der Waals surface area contributed by atoms with Crippen LogP contribution in [0.25, 0.3) is 0 Å². The number of aromatic nitrogens is 3. The van der Waals surface area contributed by atoms with Gasteiger partial charge in [-0.3, -0.25) is 14.5 Å². The molecule has 0 aliphatic heterocycles. The van der Waals surface area contributed by atoms with E-state index in [4.69, 9.17) is 0 Å². The lowest BCUT2D eigenvalue weighted by atomic mass is 10.1. The number of alkyl halides is 6. The van der Waals surface area contributed by atoms with Gasteiger partial charge in [-0.15, -0.1) is 0 Å². The van der Waals surface area contributed by atoms with Crippen molar-refractivity contribution in [1.82, 2.24) is 14.8 Å². The molecule has 2 heterocycles. The minimum absolute atomic E-state index is 0.403. The molecule has 1 amide bonds. The Bertz CT molecular complexity index is 734. The van der Waals surface area contributed by atoms with E-state index in [1.165, 1.54) is 0 Å². The smallest absolute Gasteiger partial charge is 0.307 e. The van der Waals surface area contributed by atoms with E-state index in [0.717, 1.165) is 25.4 Å². The van der Waals surface area contributed by atoms with E-state index >= 15 is 0 Å². The van der Waals surface area contributed by atoms with Crippen LogP contribution in [0.4, 0.5) is 32.2 Å². The quantitative estimate of drug-likeness (QED) is 0.856. The van der Waals surface area contributed by atoms with Gasteiger partial charge in [0.15, 0.2) is 11.4 Å². The number of nitrogens with zero attached hydrogens (tertiary/aromatic N) is 3. The maximum Gasteiger partial charge on any atom is 0.435 e. The average molecular weight is 338 g/mol. The Hall–Kier alpha value is -2.59. The number of carbonyl (C=O) groups is 1. The maximum absolute atomic E-state index is 12.8. The summed E-state index contributed by atoms with van der Waals surface area (Å²) >= 11 is 0. The van der Waals surface area contributed by atoms with Crippen molar-refractivity contribution in [2.75, 3.05) is 5.32 Å². The van der Waals surface area contributed by atoms with Crippen molar-refractivity contribution >= 4 is 11.7 Å². The Balaban J connectivity index is 2.33. The van der Waals surface area contributed by atoms with Crippen molar-refractivity contribution in [3.8, 4) is 0 Å². The van der Waals surface area contributed by atoms with Crippen molar-refractivity contribution < 1.29 is 31.1 Å². The number of halogens is 6. The van der Waals surface area contributed by atoms with Crippen LogP contribution >= 0.6 is 0 Å². The molecule has 0 radical (unpaired) electrons. The van der Waals surface area contributed by atoms with Gasteiger partial charge >= 0.3 is 12.4 Å². The predicted octanol–water partition coefficient (Wildman–Crippen LogP) is 3.11. The molecular formula is C12H8F6N4O. The van der Waals surface area contributed by atoms with Crippen molar-refractivity contribution in [3.63, 3.8) is 0 Å². The summed E-state index contributed by atoms with van der Waals surface area (Å²) in [5.74, 6) is -1.65. The molecule has 0 atom stereocenters. The molecule has 0 aliphatic rings. The van der Waals surface area contributed by atoms with Crippen LogP contribution in [0.3, 0.4) is 0 Å². The number of carbonyl (C=O) groups excluding carboxylic acids is 1. The molecule has 0 saturated heterocycles. The van der Waals surface area contributed by atoms with E-state index in [9.17, 15) is 31.1 Å². The summed E-state index contributed by atoms with van der Waals surface area (Å²) in [6, 6.07) is 2.49. The number of aryl methyl sites for hydroxylation is 1. The van der Waals surface area contributed by atoms with E-state index in [-0.39, 0.29) is 0 Å². The molecule has 5 nitrogen and oxygen atoms in total. The fourth-order valence-corrected chi connectivity index (χ4v) is 1.72. The van der Waals surface area contributed by atoms with Gasteiger partial charge in [-0.1, -0.05) is 0 Å². The fourth-order valence-electron chi connectivity index (χ4n) is 1.72. The summed E-state index contributed by atoms with van der Waals surface area (Å²) in [7, 11) is 1.11. The van der Waals surface area contributed by atoms with Crippen molar-refractivity contribution in [1.29, 1.82) is 0 Å². The van der Waals surface area contributed by atoms with Crippen molar-refractivity contribution in [3.05, 3.63) is 41.3 Å². The molecule has 11 heteroatoms. The first-order valence-electron chi connectivity index (χ1n) is 5.95. The van der Waals surface area contributed by atoms with Crippen molar-refractivity contribution in [2.45, 2.75) is 12.4 Å². The van der Waals surface area contributed by atoms with E-state index in [2.05, 4.69) is 10.1 Å². The lowest BCUT2D eigenvalue weighted by Gasteiger charge is -2.11. The first-order chi connectivity index (χ1) is 10.5. The van der Waals surface area contributed by atoms with Gasteiger partial charge in [0.25, 0.3) is 5.91 Å². The van der Waals surface area contributed by atoms with Gasteiger partial charge in [-0.25, -0.2) is 0 Å². The zero-order valence-corrected chi connectivity index (χ0v) is 11.3. The Morgan fingerprint density at radius 2 is 1.83 bits per heavy atom. The van der Waals surface area contributed by atoms with E-state index in [1.54, 1.807) is 0 Å². The zero-order chi connectivity index (χ0) is 17.4. The van der Waals surface area contributed by atoms with Gasteiger partial charge in [-0.2, -0.15) is 31.4 Å². The van der Waals surface area contributed by atoms with E-state index in [1.807, 2.05) is 5.32 Å². The molecule has 124 valence electrons. The average Bonchev–Trinajstić information content (AvgIpc) is 2.79. The Morgan fingerprint density at radius 1 is 1.17 bits per heavy atom. The second kappa shape index (κ2) is 5.56. The zero-order valence-electron chi connectivity index (χ0n) is 11.3. The van der Waals surface area contributed by atoms with Crippen LogP contribution in [0.5, 0.6) is 0 Å². The largest absolute Gasteiger partial charge is 0.435 e. The standard InChI is InChI=1S/C12H8F6N4O/c1-22-8(5-7(21-22)11(13,14)15)20-10(23)6-3-2-4-19-9(6)12(16,17)18/h2-5H,1H3,(H,20,23). The van der Waals surface area contributed by atoms with Gasteiger partial charge in [0, 0.05) is 19.3 Å². The van der Waals surface area contributed by atoms with Crippen LogP contribution in [0.15, 0.2) is 24.4 Å². The third-order valence-corrected chi connectivity index (χ3v) is 2.73. The molecule has 0 aliphatic carbocycles. The number of hydrogen-bond donors (Lipinski definition) is 1. The van der Waals surface area contributed by atoms with E-state index in [0.29, 0.717) is 10.7 Å². The highest BCUT2D eigenvalue weighted by atomic mass is 19.4. The van der Waals surface area contributed by atoms with Crippen LogP contribution in [0.1, 0.15) is 21.7 Å².